The molecule has 1 unspecified atom stereocenters. The Morgan fingerprint density at radius 2 is 2.00 bits per heavy atom. The maximum absolute atomic E-state index is 13.9. The van der Waals surface area contributed by atoms with Crippen molar-refractivity contribution in [1.82, 2.24) is 5.32 Å². The Bertz CT molecular complexity index is 379. The molecule has 1 aromatic carbocycles. The molecule has 0 amide bonds. The van der Waals surface area contributed by atoms with E-state index in [0.717, 1.165) is 24.9 Å². The molecule has 19 heavy (non-hydrogen) atoms. The molecule has 0 aliphatic heterocycles. The number of benzene rings is 1. The summed E-state index contributed by atoms with van der Waals surface area (Å²) in [6.45, 7) is 9.96. The standard InChI is InChI=1S/C16H26FNO/c1-5-7-13(4)19-16-14(8-6-9-15(16)17)11-18-10-12(2)3/h6,8-9,12-13,18H,5,7,10-11H2,1-4H3. The maximum atomic E-state index is 13.9. The Labute approximate surface area is 116 Å². The molecule has 0 radical (unpaired) electrons. The number of ether oxygens (including phenoxy) is 1. The number of hydrogen-bond donors (Lipinski definition) is 1. The van der Waals surface area contributed by atoms with Gasteiger partial charge in [0.15, 0.2) is 11.6 Å². The van der Waals surface area contributed by atoms with E-state index in [4.69, 9.17) is 4.74 Å². The third-order valence-electron chi connectivity index (χ3n) is 2.93. The van der Waals surface area contributed by atoms with Crippen molar-refractivity contribution in [3.8, 4) is 5.75 Å². The van der Waals surface area contributed by atoms with Crippen LogP contribution in [0, 0.1) is 11.7 Å². The Morgan fingerprint density at radius 3 is 2.63 bits per heavy atom. The molecule has 1 N–H and O–H groups in total. The zero-order chi connectivity index (χ0) is 14.3. The van der Waals surface area contributed by atoms with Gasteiger partial charge in [0, 0.05) is 12.1 Å². The number of rotatable bonds is 8. The molecule has 1 atom stereocenters. The van der Waals surface area contributed by atoms with Gasteiger partial charge in [-0.15, -0.1) is 0 Å². The average Bonchev–Trinajstić information content (AvgIpc) is 2.33. The van der Waals surface area contributed by atoms with Gasteiger partial charge in [0.25, 0.3) is 0 Å². The van der Waals surface area contributed by atoms with Crippen LogP contribution in [-0.2, 0) is 6.54 Å². The van der Waals surface area contributed by atoms with E-state index in [1.165, 1.54) is 6.07 Å². The minimum atomic E-state index is -0.271. The Kier molecular flexibility index (Phi) is 6.85. The minimum absolute atomic E-state index is 0.0470. The summed E-state index contributed by atoms with van der Waals surface area (Å²) >= 11 is 0. The molecule has 0 fully saturated rings. The van der Waals surface area contributed by atoms with Crippen LogP contribution in [0.2, 0.25) is 0 Å². The molecule has 108 valence electrons. The van der Waals surface area contributed by atoms with E-state index < -0.39 is 0 Å². The van der Waals surface area contributed by atoms with Gasteiger partial charge in [-0.3, -0.25) is 0 Å². The number of nitrogens with one attached hydrogen (secondary N) is 1. The maximum Gasteiger partial charge on any atom is 0.165 e. The van der Waals surface area contributed by atoms with Crippen molar-refractivity contribution in [3.63, 3.8) is 0 Å². The third kappa shape index (κ3) is 5.60. The van der Waals surface area contributed by atoms with E-state index in [1.54, 1.807) is 6.07 Å². The van der Waals surface area contributed by atoms with Crippen LogP contribution < -0.4 is 10.1 Å². The van der Waals surface area contributed by atoms with Crippen LogP contribution in [0.4, 0.5) is 4.39 Å². The number of halogens is 1. The zero-order valence-corrected chi connectivity index (χ0v) is 12.5. The highest BCUT2D eigenvalue weighted by Gasteiger charge is 2.12. The first-order valence-electron chi connectivity index (χ1n) is 7.19. The monoisotopic (exact) mass is 267 g/mol. The molecule has 0 aliphatic rings. The van der Waals surface area contributed by atoms with Crippen LogP contribution in [0.15, 0.2) is 18.2 Å². The van der Waals surface area contributed by atoms with E-state index in [2.05, 4.69) is 26.1 Å². The van der Waals surface area contributed by atoms with Crippen molar-refractivity contribution in [1.29, 1.82) is 0 Å². The van der Waals surface area contributed by atoms with E-state index in [9.17, 15) is 4.39 Å². The fourth-order valence-electron chi connectivity index (χ4n) is 1.99. The van der Waals surface area contributed by atoms with E-state index in [1.807, 2.05) is 13.0 Å². The molecular formula is C16H26FNO. The first-order chi connectivity index (χ1) is 9.04. The first-order valence-corrected chi connectivity index (χ1v) is 7.19. The van der Waals surface area contributed by atoms with Crippen LogP contribution in [0.3, 0.4) is 0 Å². The second-order valence-corrected chi connectivity index (χ2v) is 5.47. The van der Waals surface area contributed by atoms with Crippen LogP contribution in [-0.4, -0.2) is 12.6 Å². The largest absolute Gasteiger partial charge is 0.487 e. The van der Waals surface area contributed by atoms with Gasteiger partial charge in [-0.05, 0) is 31.9 Å². The summed E-state index contributed by atoms with van der Waals surface area (Å²) in [7, 11) is 0. The van der Waals surface area contributed by atoms with Gasteiger partial charge < -0.3 is 10.1 Å². The molecule has 1 rings (SSSR count). The minimum Gasteiger partial charge on any atom is -0.487 e. The Morgan fingerprint density at radius 1 is 1.26 bits per heavy atom. The summed E-state index contributed by atoms with van der Waals surface area (Å²) < 4.78 is 19.6. The van der Waals surface area contributed by atoms with Crippen molar-refractivity contribution >= 4 is 0 Å². The zero-order valence-electron chi connectivity index (χ0n) is 12.5. The van der Waals surface area contributed by atoms with E-state index in [0.29, 0.717) is 18.2 Å². The highest BCUT2D eigenvalue weighted by Crippen LogP contribution is 2.24. The van der Waals surface area contributed by atoms with Crippen LogP contribution in [0.1, 0.15) is 46.1 Å². The Hall–Kier alpha value is -1.09. The van der Waals surface area contributed by atoms with Crippen LogP contribution >= 0.6 is 0 Å². The average molecular weight is 267 g/mol. The van der Waals surface area contributed by atoms with Gasteiger partial charge in [-0.25, -0.2) is 4.39 Å². The van der Waals surface area contributed by atoms with E-state index >= 15 is 0 Å². The molecule has 0 saturated heterocycles. The predicted octanol–water partition coefficient (Wildman–Crippen LogP) is 4.14. The number of hydrogen-bond acceptors (Lipinski definition) is 2. The molecule has 2 nitrogen and oxygen atoms in total. The molecule has 0 spiro atoms. The molecule has 0 aromatic heterocycles. The fraction of sp³-hybridized carbons (Fsp3) is 0.625. The molecule has 0 saturated carbocycles. The van der Waals surface area contributed by atoms with Crippen molar-refractivity contribution in [2.45, 2.75) is 53.2 Å². The fourth-order valence-corrected chi connectivity index (χ4v) is 1.99. The second kappa shape index (κ2) is 8.16. The summed E-state index contributed by atoms with van der Waals surface area (Å²) in [5.41, 5.74) is 0.892. The molecule has 3 heteroatoms. The Balaban J connectivity index is 2.71. The lowest BCUT2D eigenvalue weighted by molar-refractivity contribution is 0.198. The van der Waals surface area contributed by atoms with Gasteiger partial charge in [0.05, 0.1) is 6.10 Å². The third-order valence-corrected chi connectivity index (χ3v) is 2.93. The summed E-state index contributed by atoms with van der Waals surface area (Å²) in [6.07, 6.45) is 2.02. The van der Waals surface area contributed by atoms with Crippen LogP contribution in [0.5, 0.6) is 5.75 Å². The van der Waals surface area contributed by atoms with Crippen molar-refractivity contribution in [3.05, 3.63) is 29.6 Å². The van der Waals surface area contributed by atoms with Crippen molar-refractivity contribution in [2.24, 2.45) is 5.92 Å². The molecular weight excluding hydrogens is 241 g/mol. The van der Waals surface area contributed by atoms with Crippen molar-refractivity contribution < 1.29 is 9.13 Å². The van der Waals surface area contributed by atoms with Gasteiger partial charge in [-0.1, -0.05) is 39.3 Å². The highest BCUT2D eigenvalue weighted by atomic mass is 19.1. The molecule has 0 aliphatic carbocycles. The molecule has 1 aromatic rings. The second-order valence-electron chi connectivity index (χ2n) is 5.47. The number of para-hydroxylation sites is 1. The van der Waals surface area contributed by atoms with Crippen LogP contribution in [0.25, 0.3) is 0 Å². The smallest absolute Gasteiger partial charge is 0.165 e. The predicted molar refractivity (Wildman–Crippen MR) is 77.9 cm³/mol. The van der Waals surface area contributed by atoms with Crippen molar-refractivity contribution in [2.75, 3.05) is 6.54 Å². The van der Waals surface area contributed by atoms with E-state index in [-0.39, 0.29) is 11.9 Å². The molecule has 0 bridgehead atoms. The lowest BCUT2D eigenvalue weighted by atomic mass is 10.1. The highest BCUT2D eigenvalue weighted by molar-refractivity contribution is 5.35. The lowest BCUT2D eigenvalue weighted by Crippen LogP contribution is -2.20. The summed E-state index contributed by atoms with van der Waals surface area (Å²) in [5.74, 6) is 0.712. The lowest BCUT2D eigenvalue weighted by Gasteiger charge is -2.18. The normalized spacial score (nSPS) is 12.7. The van der Waals surface area contributed by atoms with Gasteiger partial charge >= 0.3 is 0 Å². The summed E-state index contributed by atoms with van der Waals surface area (Å²) in [6, 6.07) is 5.11. The van der Waals surface area contributed by atoms with Gasteiger partial charge in [0.1, 0.15) is 0 Å². The quantitative estimate of drug-likeness (QED) is 0.764. The summed E-state index contributed by atoms with van der Waals surface area (Å²) in [4.78, 5) is 0. The molecule has 0 heterocycles. The summed E-state index contributed by atoms with van der Waals surface area (Å²) in [5, 5.41) is 3.33. The SMILES string of the molecule is CCCC(C)Oc1c(F)cccc1CNCC(C)C. The first kappa shape index (κ1) is 16.0. The van der Waals surface area contributed by atoms with Gasteiger partial charge in [0.2, 0.25) is 0 Å². The topological polar surface area (TPSA) is 21.3 Å². The van der Waals surface area contributed by atoms with Gasteiger partial charge in [-0.2, -0.15) is 0 Å².